The van der Waals surface area contributed by atoms with E-state index < -0.39 is 50.5 Å². The normalized spacial score (nSPS) is 16.3. The van der Waals surface area contributed by atoms with Crippen LogP contribution >= 0.6 is 0 Å². The Morgan fingerprint density at radius 1 is 0.552 bits per heavy atom. The van der Waals surface area contributed by atoms with E-state index in [1.807, 2.05) is 93.6 Å². The van der Waals surface area contributed by atoms with Gasteiger partial charge in [0.25, 0.3) is 0 Å². The summed E-state index contributed by atoms with van der Waals surface area (Å²) in [7, 11) is 0. The summed E-state index contributed by atoms with van der Waals surface area (Å²) >= 11 is 0. The summed E-state index contributed by atoms with van der Waals surface area (Å²) in [5.74, 6) is 0.232. The zero-order valence-electron chi connectivity index (χ0n) is 53.1. The van der Waals surface area contributed by atoms with E-state index in [4.69, 9.17) is 30.5 Å². The van der Waals surface area contributed by atoms with E-state index in [0.717, 1.165) is 16.7 Å². The van der Waals surface area contributed by atoms with E-state index in [2.05, 4.69) is 26.8 Å². The van der Waals surface area contributed by atoms with Crippen LogP contribution in [0.1, 0.15) is 110 Å². The van der Waals surface area contributed by atoms with Crippen LogP contribution in [0, 0.1) is 19.8 Å². The molecule has 9 aromatic rings. The molecule has 340 valence electrons. The van der Waals surface area contributed by atoms with E-state index in [0.29, 0.717) is 61.2 Å². The Labute approximate surface area is 433 Å². The maximum absolute atomic E-state index is 12.6. The van der Waals surface area contributed by atoms with Gasteiger partial charge in [-0.25, -0.2) is 4.98 Å². The molecule has 0 spiro atoms. The van der Waals surface area contributed by atoms with Crippen LogP contribution in [0.25, 0.3) is 83.9 Å². The number of hydrogen-bond acceptors (Lipinski definition) is 3. The molecule has 0 atom stereocenters. The Hall–Kier alpha value is -6.35. The largest absolute Gasteiger partial charge is 0.507 e. The van der Waals surface area contributed by atoms with Crippen molar-refractivity contribution in [3.8, 4) is 78.6 Å². The summed E-state index contributed by atoms with van der Waals surface area (Å²) in [5.41, 5.74) is 3.63. The van der Waals surface area contributed by atoms with Gasteiger partial charge in [0.05, 0.1) is 16.6 Å². The molecule has 0 radical (unpaired) electrons. The van der Waals surface area contributed by atoms with Crippen LogP contribution in [0.5, 0.6) is 5.75 Å². The van der Waals surface area contributed by atoms with E-state index >= 15 is 0 Å². The van der Waals surface area contributed by atoms with E-state index in [9.17, 15) is 5.11 Å². The van der Waals surface area contributed by atoms with Gasteiger partial charge in [0.1, 0.15) is 11.6 Å². The van der Waals surface area contributed by atoms with Gasteiger partial charge >= 0.3 is 0 Å². The molecule has 7 aromatic carbocycles. The zero-order valence-corrected chi connectivity index (χ0v) is 40.4. The van der Waals surface area contributed by atoms with Gasteiger partial charge in [-0.05, 0) is 110 Å². The van der Waals surface area contributed by atoms with Gasteiger partial charge in [-0.3, -0.25) is 9.55 Å². The average molecular weight is 1070 g/mol. The van der Waals surface area contributed by atoms with Crippen molar-refractivity contribution in [1.82, 2.24) is 14.5 Å². The topological polar surface area (TPSA) is 50.9 Å². The van der Waals surface area contributed by atoms with Crippen molar-refractivity contribution < 1.29 is 46.7 Å². The molecule has 1 N–H and O–H groups in total. The minimum absolute atomic E-state index is 0. The first kappa shape index (κ1) is 31.6. The predicted molar refractivity (Wildman–Crippen MR) is 278 cm³/mol. The number of nitrogens with zero attached hydrogens (tertiary/aromatic N) is 3. The summed E-state index contributed by atoms with van der Waals surface area (Å²) in [6.45, 7) is -3.75. The second-order valence-electron chi connectivity index (χ2n) is 19.0. The Bertz CT molecular complexity index is 3790. The van der Waals surface area contributed by atoms with Crippen molar-refractivity contribution in [2.45, 2.75) is 92.0 Å². The summed E-state index contributed by atoms with van der Waals surface area (Å²) in [4.78, 5) is 10.2. The number of pyridine rings is 1. The monoisotopic (exact) mass is 1070 g/mol. The molecule has 0 bridgehead atoms. The third kappa shape index (κ3) is 9.34. The van der Waals surface area contributed by atoms with Crippen LogP contribution in [0.15, 0.2) is 158 Å². The minimum Gasteiger partial charge on any atom is -0.507 e. The number of benzene rings is 7. The summed E-state index contributed by atoms with van der Waals surface area (Å²) in [6.07, 6.45) is 1.59. The van der Waals surface area contributed by atoms with Crippen LogP contribution in [-0.2, 0) is 37.3 Å². The standard InChI is InChI=1S/C62H60N3O.Pt/c1-39-31-50(38-52(40(39)2)43-21-16-13-17-22-43)65-56-24-18-23-51(57(56)64-59(65)53-36-49(61(6,7)8)37-54(58(53)66)62(9,10)11)46-32-45(41-19-14-12-15-20-41)33-47(34-46)55-35-44(29-30-63-55)42-25-27-48(28-26-42)60(3,4)5;/h12-33,35-38,66H,1-11H3;/q-1;/i1D3,2D3,3D3,4D3,5D3;. The van der Waals surface area contributed by atoms with E-state index in [1.54, 1.807) is 59.3 Å². The molecule has 0 aliphatic rings. The molecule has 0 unspecified atom stereocenters. The van der Waals surface area contributed by atoms with Gasteiger partial charge in [-0.15, -0.1) is 23.8 Å². The zero-order chi connectivity index (χ0) is 59.2. The number of imidazole rings is 1. The number of hydrogen-bond donors (Lipinski definition) is 1. The summed E-state index contributed by atoms with van der Waals surface area (Å²) in [6, 6.07) is 47.5. The number of fused-ring (bicyclic) bond motifs is 1. The molecule has 9 rings (SSSR count). The van der Waals surface area contributed by atoms with Crippen LogP contribution in [0.4, 0.5) is 0 Å². The molecule has 0 saturated heterocycles. The first-order valence-electron chi connectivity index (χ1n) is 29.4. The number of phenols is 1. The third-order valence-electron chi connectivity index (χ3n) is 12.1. The van der Waals surface area contributed by atoms with Gasteiger partial charge in [-0.1, -0.05) is 188 Å². The molecule has 0 aliphatic heterocycles. The van der Waals surface area contributed by atoms with Crippen LogP contribution in [0.2, 0.25) is 0 Å². The average Bonchev–Trinajstić information content (AvgIpc) is 3.21. The van der Waals surface area contributed by atoms with Crippen molar-refractivity contribution in [1.29, 1.82) is 0 Å². The van der Waals surface area contributed by atoms with Gasteiger partial charge in [0, 0.05) is 64.8 Å². The fraction of sp³-hybridized carbons (Fsp3) is 0.226. The molecular formula is C62H60N3OPt-. The molecule has 2 aromatic heterocycles. The first-order valence-corrected chi connectivity index (χ1v) is 21.9. The quantitative estimate of drug-likeness (QED) is 0.162. The van der Waals surface area contributed by atoms with E-state index in [1.165, 1.54) is 30.3 Å². The maximum Gasteiger partial charge on any atom is 0.148 e. The van der Waals surface area contributed by atoms with Gasteiger partial charge in [0.2, 0.25) is 0 Å². The number of rotatable bonds is 7. The van der Waals surface area contributed by atoms with Crippen molar-refractivity contribution in [2.75, 3.05) is 0 Å². The summed E-state index contributed by atoms with van der Waals surface area (Å²) in [5, 5.41) is 12.6. The molecule has 0 aliphatic carbocycles. The number of aromatic hydroxyl groups is 1. The fourth-order valence-electron chi connectivity index (χ4n) is 8.49. The second kappa shape index (κ2) is 18.0. The Morgan fingerprint density at radius 2 is 1.24 bits per heavy atom. The van der Waals surface area contributed by atoms with Crippen LogP contribution < -0.4 is 0 Å². The minimum atomic E-state index is -3.42. The molecule has 0 saturated carbocycles. The number of aryl methyl sites for hydroxylation is 1. The Kier molecular flexibility index (Phi) is 8.50. The predicted octanol–water partition coefficient (Wildman–Crippen LogP) is 16.4. The molecular weight excluding hydrogens is 998 g/mol. The van der Waals surface area contributed by atoms with Crippen molar-refractivity contribution in [3.63, 3.8) is 0 Å². The molecule has 0 amide bonds. The summed E-state index contributed by atoms with van der Waals surface area (Å²) < 4.78 is 128. The Balaban J connectivity index is 0.00000880. The van der Waals surface area contributed by atoms with Gasteiger partial charge in [-0.2, -0.15) is 0 Å². The van der Waals surface area contributed by atoms with Crippen LogP contribution in [-0.4, -0.2) is 19.6 Å². The molecule has 4 nitrogen and oxygen atoms in total. The fourth-order valence-corrected chi connectivity index (χ4v) is 8.49. The SMILES string of the molecule is [2H]C([2H])([2H])c1cc(-n2c(-c3cc(C(C)(C)C)cc(C(C)(C)C)c3O)nc3c(-c4[c-]c(-c5cc(-c6ccc(C(C([2H])([2H])[2H])(C([2H])([2H])[2H])C([2H])([2H])[2H])cc6)ccn5)cc(-c5ccccc5)c4)cccc32)cc(-c2ccccc2)c1C([2H])([2H])[2H].[Pt]. The second-order valence-corrected chi connectivity index (χ2v) is 19.0. The number of phenolic OH excluding ortho intramolecular Hbond substituents is 1. The van der Waals surface area contributed by atoms with Crippen LogP contribution in [0.3, 0.4) is 0 Å². The Morgan fingerprint density at radius 3 is 1.90 bits per heavy atom. The first-order chi connectivity index (χ1) is 37.5. The van der Waals surface area contributed by atoms with E-state index in [-0.39, 0.29) is 60.6 Å². The van der Waals surface area contributed by atoms with Crippen molar-refractivity contribution >= 4 is 11.0 Å². The maximum atomic E-state index is 12.6. The van der Waals surface area contributed by atoms with Crippen molar-refractivity contribution in [2.24, 2.45) is 0 Å². The molecule has 67 heavy (non-hydrogen) atoms. The van der Waals surface area contributed by atoms with Crippen molar-refractivity contribution in [3.05, 3.63) is 192 Å². The molecule has 5 heteroatoms. The third-order valence-corrected chi connectivity index (χ3v) is 12.1. The number of aromatic nitrogens is 3. The number of para-hydroxylation sites is 1. The molecule has 2 heterocycles. The smallest absolute Gasteiger partial charge is 0.148 e. The van der Waals surface area contributed by atoms with Gasteiger partial charge < -0.3 is 5.11 Å². The van der Waals surface area contributed by atoms with Gasteiger partial charge in [0.15, 0.2) is 0 Å². The molecule has 0 fully saturated rings.